The minimum atomic E-state index is -0.513. The lowest BCUT2D eigenvalue weighted by Gasteiger charge is -2.12. The largest absolute Gasteiger partial charge is 0.497 e. The predicted octanol–water partition coefficient (Wildman–Crippen LogP) is 2.54. The predicted molar refractivity (Wildman–Crippen MR) is 88.6 cm³/mol. The van der Waals surface area contributed by atoms with Gasteiger partial charge in [0, 0.05) is 4.47 Å². The molecule has 0 spiro atoms. The molecular formula is C16H15BrN2O4. The Labute approximate surface area is 141 Å². The average molecular weight is 379 g/mol. The van der Waals surface area contributed by atoms with Crippen molar-refractivity contribution in [2.75, 3.05) is 14.2 Å². The number of carbonyl (C=O) groups is 2. The highest BCUT2D eigenvalue weighted by Crippen LogP contribution is 2.23. The van der Waals surface area contributed by atoms with E-state index in [4.69, 9.17) is 9.47 Å². The molecule has 0 unspecified atom stereocenters. The lowest BCUT2D eigenvalue weighted by Crippen LogP contribution is -2.41. The first kappa shape index (κ1) is 16.8. The van der Waals surface area contributed by atoms with Crippen molar-refractivity contribution in [3.8, 4) is 11.5 Å². The first-order valence-electron chi connectivity index (χ1n) is 6.64. The number of nitrogens with one attached hydrogen (secondary N) is 2. The van der Waals surface area contributed by atoms with E-state index in [2.05, 4.69) is 26.8 Å². The molecule has 0 aliphatic heterocycles. The molecule has 0 atom stereocenters. The number of benzene rings is 2. The summed E-state index contributed by atoms with van der Waals surface area (Å²) < 4.78 is 10.9. The summed E-state index contributed by atoms with van der Waals surface area (Å²) in [5.74, 6) is -0.0691. The summed E-state index contributed by atoms with van der Waals surface area (Å²) in [5, 5.41) is 0. The summed E-state index contributed by atoms with van der Waals surface area (Å²) in [4.78, 5) is 24.3. The molecule has 6 nitrogen and oxygen atoms in total. The number of methoxy groups -OCH3 is 2. The smallest absolute Gasteiger partial charge is 0.273 e. The van der Waals surface area contributed by atoms with Crippen molar-refractivity contribution in [1.29, 1.82) is 0 Å². The van der Waals surface area contributed by atoms with Crippen LogP contribution in [0.15, 0.2) is 46.9 Å². The van der Waals surface area contributed by atoms with Crippen LogP contribution in [0.1, 0.15) is 20.7 Å². The van der Waals surface area contributed by atoms with Crippen LogP contribution in [0.3, 0.4) is 0 Å². The van der Waals surface area contributed by atoms with Crippen molar-refractivity contribution in [3.05, 3.63) is 58.1 Å². The van der Waals surface area contributed by atoms with Gasteiger partial charge in [0.2, 0.25) is 0 Å². The number of rotatable bonds is 4. The minimum Gasteiger partial charge on any atom is -0.497 e. The van der Waals surface area contributed by atoms with Crippen molar-refractivity contribution in [2.24, 2.45) is 0 Å². The fraction of sp³-hybridized carbons (Fsp3) is 0.125. The van der Waals surface area contributed by atoms with Crippen LogP contribution >= 0.6 is 15.9 Å². The number of amides is 2. The van der Waals surface area contributed by atoms with E-state index < -0.39 is 11.8 Å². The Balaban J connectivity index is 2.11. The highest BCUT2D eigenvalue weighted by Gasteiger charge is 2.15. The summed E-state index contributed by atoms with van der Waals surface area (Å²) in [6.45, 7) is 0. The van der Waals surface area contributed by atoms with Gasteiger partial charge >= 0.3 is 0 Å². The fourth-order valence-corrected chi connectivity index (χ4v) is 2.35. The van der Waals surface area contributed by atoms with E-state index in [1.54, 1.807) is 36.4 Å². The lowest BCUT2D eigenvalue weighted by molar-refractivity contribution is 0.0844. The van der Waals surface area contributed by atoms with Crippen LogP contribution < -0.4 is 20.3 Å². The third kappa shape index (κ3) is 4.01. The molecule has 0 aliphatic rings. The topological polar surface area (TPSA) is 76.7 Å². The van der Waals surface area contributed by atoms with Crippen LogP contribution in [0.4, 0.5) is 0 Å². The summed E-state index contributed by atoms with van der Waals surface area (Å²) in [7, 11) is 2.95. The highest BCUT2D eigenvalue weighted by molar-refractivity contribution is 9.10. The fourth-order valence-electron chi connectivity index (χ4n) is 1.89. The van der Waals surface area contributed by atoms with Gasteiger partial charge in [0.25, 0.3) is 11.8 Å². The zero-order valence-electron chi connectivity index (χ0n) is 12.6. The number of hydrazine groups is 1. The zero-order valence-corrected chi connectivity index (χ0v) is 14.1. The maximum Gasteiger partial charge on any atom is 0.273 e. The van der Waals surface area contributed by atoms with Gasteiger partial charge in [-0.3, -0.25) is 20.4 Å². The SMILES string of the molecule is COc1ccc(OC)c(C(=O)NNC(=O)c2ccccc2Br)c1. The molecule has 0 fully saturated rings. The van der Waals surface area contributed by atoms with Crippen LogP contribution in [0.25, 0.3) is 0 Å². The third-order valence-corrected chi connectivity index (χ3v) is 3.75. The van der Waals surface area contributed by atoms with Crippen molar-refractivity contribution in [2.45, 2.75) is 0 Å². The van der Waals surface area contributed by atoms with E-state index in [0.717, 1.165) is 0 Å². The van der Waals surface area contributed by atoms with Crippen LogP contribution in [-0.4, -0.2) is 26.0 Å². The molecule has 0 aromatic heterocycles. The summed E-state index contributed by atoms with van der Waals surface area (Å²) >= 11 is 3.28. The first-order valence-corrected chi connectivity index (χ1v) is 7.43. The number of hydrogen-bond donors (Lipinski definition) is 2. The first-order chi connectivity index (χ1) is 11.1. The van der Waals surface area contributed by atoms with E-state index in [-0.39, 0.29) is 5.56 Å². The Morgan fingerprint density at radius 2 is 1.57 bits per heavy atom. The van der Waals surface area contributed by atoms with Crippen molar-refractivity contribution >= 4 is 27.7 Å². The monoisotopic (exact) mass is 378 g/mol. The molecule has 120 valence electrons. The zero-order chi connectivity index (χ0) is 16.8. The van der Waals surface area contributed by atoms with Crippen molar-refractivity contribution in [1.82, 2.24) is 10.9 Å². The van der Waals surface area contributed by atoms with E-state index in [1.807, 2.05) is 0 Å². The standard InChI is InChI=1S/C16H15BrN2O4/c1-22-10-7-8-14(23-2)12(9-10)16(21)19-18-15(20)11-5-3-4-6-13(11)17/h3-9H,1-2H3,(H,18,20)(H,19,21). The summed E-state index contributed by atoms with van der Waals surface area (Å²) in [5.41, 5.74) is 5.37. The summed E-state index contributed by atoms with van der Waals surface area (Å²) in [6, 6.07) is 11.7. The van der Waals surface area contributed by atoms with Crippen molar-refractivity contribution < 1.29 is 19.1 Å². The van der Waals surface area contributed by atoms with Gasteiger partial charge in [-0.05, 0) is 46.3 Å². The second-order valence-corrected chi connectivity index (χ2v) is 5.31. The van der Waals surface area contributed by atoms with E-state index in [1.165, 1.54) is 20.3 Å². The second-order valence-electron chi connectivity index (χ2n) is 4.45. The molecular weight excluding hydrogens is 364 g/mol. The highest BCUT2D eigenvalue weighted by atomic mass is 79.9. The Kier molecular flexibility index (Phi) is 5.59. The van der Waals surface area contributed by atoms with Gasteiger partial charge in [-0.1, -0.05) is 12.1 Å². The summed E-state index contributed by atoms with van der Waals surface area (Å²) in [6.07, 6.45) is 0. The maximum atomic E-state index is 12.2. The Hall–Kier alpha value is -2.54. The molecule has 2 amide bonds. The third-order valence-electron chi connectivity index (χ3n) is 3.06. The van der Waals surface area contributed by atoms with Crippen molar-refractivity contribution in [3.63, 3.8) is 0 Å². The molecule has 23 heavy (non-hydrogen) atoms. The van der Waals surface area contributed by atoms with Crippen LogP contribution in [0.5, 0.6) is 11.5 Å². The minimum absolute atomic E-state index is 0.249. The second kappa shape index (κ2) is 7.64. The molecule has 2 N–H and O–H groups in total. The number of carbonyl (C=O) groups excluding carboxylic acids is 2. The van der Waals surface area contributed by atoms with Gasteiger partial charge in [-0.25, -0.2) is 0 Å². The molecule has 0 saturated carbocycles. The van der Waals surface area contributed by atoms with Crippen LogP contribution in [0.2, 0.25) is 0 Å². The Bertz CT molecular complexity index is 734. The van der Waals surface area contributed by atoms with E-state index in [0.29, 0.717) is 21.5 Å². The number of halogens is 1. The quantitative estimate of drug-likeness (QED) is 0.801. The van der Waals surface area contributed by atoms with Gasteiger partial charge in [0.05, 0.1) is 25.3 Å². The molecule has 0 saturated heterocycles. The lowest BCUT2D eigenvalue weighted by atomic mass is 10.2. The molecule has 0 radical (unpaired) electrons. The molecule has 7 heteroatoms. The van der Waals surface area contributed by atoms with Gasteiger partial charge in [0.15, 0.2) is 0 Å². The maximum absolute atomic E-state index is 12.2. The van der Waals surface area contributed by atoms with Gasteiger partial charge in [-0.15, -0.1) is 0 Å². The molecule has 2 aromatic carbocycles. The van der Waals surface area contributed by atoms with E-state index >= 15 is 0 Å². The van der Waals surface area contributed by atoms with Crippen LogP contribution in [-0.2, 0) is 0 Å². The molecule has 0 heterocycles. The van der Waals surface area contributed by atoms with Gasteiger partial charge in [0.1, 0.15) is 11.5 Å². The molecule has 0 bridgehead atoms. The normalized spacial score (nSPS) is 9.87. The van der Waals surface area contributed by atoms with Gasteiger partial charge in [-0.2, -0.15) is 0 Å². The molecule has 0 aliphatic carbocycles. The van der Waals surface area contributed by atoms with Crippen LogP contribution in [0, 0.1) is 0 Å². The number of ether oxygens (including phenoxy) is 2. The Morgan fingerprint density at radius 3 is 2.17 bits per heavy atom. The Morgan fingerprint density at radius 1 is 0.913 bits per heavy atom. The number of hydrogen-bond acceptors (Lipinski definition) is 4. The average Bonchev–Trinajstić information content (AvgIpc) is 2.59. The van der Waals surface area contributed by atoms with E-state index in [9.17, 15) is 9.59 Å². The molecule has 2 aromatic rings. The molecule has 2 rings (SSSR count). The van der Waals surface area contributed by atoms with Gasteiger partial charge < -0.3 is 9.47 Å².